The Morgan fingerprint density at radius 3 is 2.36 bits per heavy atom. The molecular formula is C17H19NO6S. The van der Waals surface area contributed by atoms with Crippen molar-refractivity contribution in [2.24, 2.45) is 0 Å². The molecule has 2 aromatic carbocycles. The molecule has 0 aliphatic rings. The van der Waals surface area contributed by atoms with Gasteiger partial charge in [-0.2, -0.15) is 4.72 Å². The average Bonchev–Trinajstić information content (AvgIpc) is 2.61. The molecule has 0 fully saturated rings. The van der Waals surface area contributed by atoms with Crippen molar-refractivity contribution in [2.75, 3.05) is 14.2 Å². The summed E-state index contributed by atoms with van der Waals surface area (Å²) in [5, 5.41) is 9.39. The van der Waals surface area contributed by atoms with Gasteiger partial charge in [0.25, 0.3) is 0 Å². The van der Waals surface area contributed by atoms with Gasteiger partial charge >= 0.3 is 5.97 Å². The first-order valence-electron chi connectivity index (χ1n) is 7.38. The highest BCUT2D eigenvalue weighted by Crippen LogP contribution is 2.28. The molecule has 0 amide bonds. The van der Waals surface area contributed by atoms with E-state index in [2.05, 4.69) is 4.72 Å². The first-order valence-corrected chi connectivity index (χ1v) is 8.87. The van der Waals surface area contributed by atoms with E-state index in [1.54, 1.807) is 36.4 Å². The number of aliphatic carboxylic acids is 1. The van der Waals surface area contributed by atoms with Gasteiger partial charge in [0.2, 0.25) is 10.0 Å². The van der Waals surface area contributed by atoms with Crippen LogP contribution >= 0.6 is 0 Å². The number of methoxy groups -OCH3 is 2. The maximum Gasteiger partial charge on any atom is 0.322 e. The highest BCUT2D eigenvalue weighted by atomic mass is 32.2. The zero-order chi connectivity index (χ0) is 18.4. The van der Waals surface area contributed by atoms with Gasteiger partial charge in [-0.1, -0.05) is 30.3 Å². The van der Waals surface area contributed by atoms with Crippen molar-refractivity contribution < 1.29 is 27.8 Å². The highest BCUT2D eigenvalue weighted by molar-refractivity contribution is 7.89. The van der Waals surface area contributed by atoms with E-state index >= 15 is 0 Å². The summed E-state index contributed by atoms with van der Waals surface area (Å²) in [4.78, 5) is 11.3. The van der Waals surface area contributed by atoms with Crippen LogP contribution in [-0.2, 0) is 21.2 Å². The molecule has 134 valence electrons. The third-order valence-electron chi connectivity index (χ3n) is 3.54. The van der Waals surface area contributed by atoms with Crippen LogP contribution in [0.1, 0.15) is 5.56 Å². The zero-order valence-electron chi connectivity index (χ0n) is 13.8. The van der Waals surface area contributed by atoms with E-state index in [4.69, 9.17) is 9.47 Å². The summed E-state index contributed by atoms with van der Waals surface area (Å²) in [7, 11) is -1.40. The lowest BCUT2D eigenvalue weighted by atomic mass is 10.1. The lowest BCUT2D eigenvalue weighted by molar-refractivity contribution is -0.138. The second kappa shape index (κ2) is 8.00. The molecule has 0 saturated heterocycles. The van der Waals surface area contributed by atoms with Crippen LogP contribution in [0.15, 0.2) is 53.4 Å². The molecule has 0 bridgehead atoms. The number of nitrogens with one attached hydrogen (secondary N) is 1. The molecule has 0 heterocycles. The average molecular weight is 365 g/mol. The minimum atomic E-state index is -4.14. The predicted molar refractivity (Wildman–Crippen MR) is 91.4 cm³/mol. The number of carbonyl (C=O) groups is 1. The molecule has 0 radical (unpaired) electrons. The van der Waals surface area contributed by atoms with Crippen LogP contribution in [0.2, 0.25) is 0 Å². The fraction of sp³-hybridized carbons (Fsp3) is 0.235. The Kier molecular flexibility index (Phi) is 6.00. The van der Waals surface area contributed by atoms with Crippen LogP contribution in [0.4, 0.5) is 0 Å². The molecule has 2 rings (SSSR count). The molecule has 8 heteroatoms. The SMILES string of the molecule is COc1ccc(OC)c(S(=O)(=O)N[C@@H](Cc2ccccc2)C(=O)O)c1. The molecule has 2 N–H and O–H groups in total. The van der Waals surface area contributed by atoms with Crippen LogP contribution < -0.4 is 14.2 Å². The Bertz CT molecular complexity index is 835. The summed E-state index contributed by atoms with van der Waals surface area (Å²) < 4.78 is 37.7. The fourth-order valence-electron chi connectivity index (χ4n) is 2.27. The molecule has 25 heavy (non-hydrogen) atoms. The Balaban J connectivity index is 2.33. The Labute approximate surface area is 146 Å². The van der Waals surface area contributed by atoms with Gasteiger partial charge in [0.15, 0.2) is 0 Å². The van der Waals surface area contributed by atoms with Crippen molar-refractivity contribution in [2.45, 2.75) is 17.4 Å². The van der Waals surface area contributed by atoms with Gasteiger partial charge in [0.1, 0.15) is 22.4 Å². The number of ether oxygens (including phenoxy) is 2. The first-order chi connectivity index (χ1) is 11.9. The van der Waals surface area contributed by atoms with Crippen molar-refractivity contribution in [3.05, 3.63) is 54.1 Å². The monoisotopic (exact) mass is 365 g/mol. The number of rotatable bonds is 8. The molecule has 0 spiro atoms. The largest absolute Gasteiger partial charge is 0.497 e. The second-order valence-electron chi connectivity index (χ2n) is 5.22. The molecule has 0 saturated carbocycles. The first kappa shape index (κ1) is 18.8. The third kappa shape index (κ3) is 4.71. The van der Waals surface area contributed by atoms with Crippen molar-refractivity contribution in [3.8, 4) is 11.5 Å². The van der Waals surface area contributed by atoms with E-state index in [0.717, 1.165) is 0 Å². The molecule has 7 nitrogen and oxygen atoms in total. The minimum absolute atomic E-state index is 0.0156. The Morgan fingerprint density at radius 1 is 1.12 bits per heavy atom. The maximum atomic E-state index is 12.7. The molecule has 0 aromatic heterocycles. The Morgan fingerprint density at radius 2 is 1.80 bits per heavy atom. The van der Waals surface area contributed by atoms with E-state index in [1.165, 1.54) is 26.4 Å². The van der Waals surface area contributed by atoms with Crippen molar-refractivity contribution in [1.29, 1.82) is 0 Å². The molecule has 0 aliphatic heterocycles. The van der Waals surface area contributed by atoms with Gasteiger partial charge in [0.05, 0.1) is 14.2 Å². The molecular weight excluding hydrogens is 346 g/mol. The van der Waals surface area contributed by atoms with Gasteiger partial charge in [-0.15, -0.1) is 0 Å². The topological polar surface area (TPSA) is 102 Å². The second-order valence-corrected chi connectivity index (χ2v) is 6.90. The molecule has 0 aliphatic carbocycles. The van der Waals surface area contributed by atoms with Crippen LogP contribution in [0.3, 0.4) is 0 Å². The minimum Gasteiger partial charge on any atom is -0.497 e. The quantitative estimate of drug-likeness (QED) is 0.738. The summed E-state index contributed by atoms with van der Waals surface area (Å²) in [6, 6.07) is 11.7. The molecule has 1 atom stereocenters. The van der Waals surface area contributed by atoms with Crippen LogP contribution in [0.5, 0.6) is 11.5 Å². The van der Waals surface area contributed by atoms with E-state index < -0.39 is 22.0 Å². The van der Waals surface area contributed by atoms with Crippen LogP contribution in [0.25, 0.3) is 0 Å². The smallest absolute Gasteiger partial charge is 0.322 e. The van der Waals surface area contributed by atoms with Gasteiger partial charge in [0, 0.05) is 6.07 Å². The fourth-order valence-corrected chi connectivity index (χ4v) is 3.65. The highest BCUT2D eigenvalue weighted by Gasteiger charge is 2.28. The van der Waals surface area contributed by atoms with Gasteiger partial charge in [-0.3, -0.25) is 4.79 Å². The number of hydrogen-bond acceptors (Lipinski definition) is 5. The van der Waals surface area contributed by atoms with Crippen molar-refractivity contribution in [3.63, 3.8) is 0 Å². The number of sulfonamides is 1. The summed E-state index contributed by atoms with van der Waals surface area (Å²) in [5.74, 6) is -0.859. The zero-order valence-corrected chi connectivity index (χ0v) is 14.6. The van der Waals surface area contributed by atoms with Gasteiger partial charge in [-0.05, 0) is 24.1 Å². The van der Waals surface area contributed by atoms with E-state index in [-0.39, 0.29) is 17.1 Å². The van der Waals surface area contributed by atoms with Gasteiger partial charge in [-0.25, -0.2) is 8.42 Å². The predicted octanol–water partition coefficient (Wildman–Crippen LogP) is 1.68. The van der Waals surface area contributed by atoms with Crippen molar-refractivity contribution in [1.82, 2.24) is 4.72 Å². The lowest BCUT2D eigenvalue weighted by Gasteiger charge is -2.17. The summed E-state index contributed by atoms with van der Waals surface area (Å²) in [6.45, 7) is 0. The number of benzene rings is 2. The summed E-state index contributed by atoms with van der Waals surface area (Å²) >= 11 is 0. The van der Waals surface area contributed by atoms with E-state index in [0.29, 0.717) is 11.3 Å². The molecule has 2 aromatic rings. The normalized spacial score (nSPS) is 12.4. The van der Waals surface area contributed by atoms with Crippen LogP contribution in [0, 0.1) is 0 Å². The molecule has 0 unspecified atom stereocenters. The van der Waals surface area contributed by atoms with Crippen molar-refractivity contribution >= 4 is 16.0 Å². The number of hydrogen-bond donors (Lipinski definition) is 2. The van der Waals surface area contributed by atoms with E-state index in [9.17, 15) is 18.3 Å². The third-order valence-corrected chi connectivity index (χ3v) is 5.03. The standard InChI is InChI=1S/C17H19NO6S/c1-23-13-8-9-15(24-2)16(11-13)25(21,22)18-14(17(19)20)10-12-6-4-3-5-7-12/h3-9,11,14,18H,10H2,1-2H3,(H,19,20)/t14-/m0/s1. The summed E-state index contributed by atoms with van der Waals surface area (Å²) in [5.41, 5.74) is 0.704. The number of carboxylic acids is 1. The van der Waals surface area contributed by atoms with Gasteiger partial charge < -0.3 is 14.6 Å². The van der Waals surface area contributed by atoms with E-state index in [1.807, 2.05) is 0 Å². The Hall–Kier alpha value is -2.58. The summed E-state index contributed by atoms with van der Waals surface area (Å²) in [6.07, 6.45) is 0.0156. The number of carboxylic acid groups (broad SMARTS) is 1. The lowest BCUT2D eigenvalue weighted by Crippen LogP contribution is -2.42. The maximum absolute atomic E-state index is 12.7. The van der Waals surface area contributed by atoms with Crippen LogP contribution in [-0.4, -0.2) is 39.8 Å².